The number of nitrogens with one attached hydrogen (secondary N) is 1. The number of thioether (sulfide) groups is 1. The van der Waals surface area contributed by atoms with Crippen LogP contribution in [0.2, 0.25) is 0 Å². The SMILES string of the molecule is COc1ccc(S(N)(=O)=O)cc1C(=O)Nc1ccc2nc(SC)sc2c1. The standard InChI is InChI=1S/C16H15N3O4S3/c1-23-13-6-4-10(26(17,21)22)8-11(13)15(20)18-9-3-5-12-14(7-9)25-16(19-12)24-2/h3-8H,1-2H3,(H,18,20)(H2,17,21,22). The van der Waals surface area contributed by atoms with Crippen molar-refractivity contribution in [3.63, 3.8) is 0 Å². The van der Waals surface area contributed by atoms with Crippen LogP contribution in [0.1, 0.15) is 10.4 Å². The molecule has 3 rings (SSSR count). The Bertz CT molecular complexity index is 1090. The van der Waals surface area contributed by atoms with Crippen LogP contribution in [0.25, 0.3) is 10.2 Å². The van der Waals surface area contributed by atoms with Gasteiger partial charge in [-0.3, -0.25) is 4.79 Å². The lowest BCUT2D eigenvalue weighted by Gasteiger charge is -2.11. The van der Waals surface area contributed by atoms with Crippen molar-refractivity contribution in [2.24, 2.45) is 5.14 Å². The van der Waals surface area contributed by atoms with Crippen molar-refractivity contribution in [3.8, 4) is 5.75 Å². The number of aromatic nitrogens is 1. The number of carbonyl (C=O) groups is 1. The number of nitrogens with two attached hydrogens (primary N) is 1. The molecule has 1 heterocycles. The smallest absolute Gasteiger partial charge is 0.259 e. The molecule has 0 aliphatic carbocycles. The van der Waals surface area contributed by atoms with Crippen LogP contribution in [0.3, 0.4) is 0 Å². The molecule has 0 bridgehead atoms. The first kappa shape index (κ1) is 18.6. The number of carbonyl (C=O) groups excluding carboxylic acids is 1. The van der Waals surface area contributed by atoms with E-state index in [0.717, 1.165) is 14.6 Å². The highest BCUT2D eigenvalue weighted by atomic mass is 32.2. The van der Waals surface area contributed by atoms with E-state index in [-0.39, 0.29) is 16.2 Å². The number of nitrogens with zero attached hydrogens (tertiary/aromatic N) is 1. The van der Waals surface area contributed by atoms with Crippen LogP contribution in [0.5, 0.6) is 5.75 Å². The van der Waals surface area contributed by atoms with Crippen LogP contribution in [0, 0.1) is 0 Å². The van der Waals surface area contributed by atoms with Crippen LogP contribution in [0.15, 0.2) is 45.6 Å². The fourth-order valence-corrected chi connectivity index (χ4v) is 4.38. The van der Waals surface area contributed by atoms with Crippen molar-refractivity contribution in [1.29, 1.82) is 0 Å². The van der Waals surface area contributed by atoms with E-state index in [4.69, 9.17) is 9.88 Å². The molecular formula is C16H15N3O4S3. The van der Waals surface area contributed by atoms with E-state index in [1.807, 2.05) is 18.4 Å². The Morgan fingerprint density at radius 1 is 1.27 bits per heavy atom. The molecule has 7 nitrogen and oxygen atoms in total. The number of ether oxygens (including phenoxy) is 1. The first-order chi connectivity index (χ1) is 12.3. The van der Waals surface area contributed by atoms with E-state index >= 15 is 0 Å². The van der Waals surface area contributed by atoms with Gasteiger partial charge < -0.3 is 10.1 Å². The fraction of sp³-hybridized carbons (Fsp3) is 0.125. The number of hydrogen-bond acceptors (Lipinski definition) is 7. The third-order valence-electron chi connectivity index (χ3n) is 3.55. The molecule has 0 atom stereocenters. The molecule has 10 heteroatoms. The molecule has 0 spiro atoms. The number of primary sulfonamides is 1. The van der Waals surface area contributed by atoms with Crippen LogP contribution >= 0.6 is 23.1 Å². The van der Waals surface area contributed by atoms with Crippen molar-refractivity contribution >= 4 is 54.9 Å². The minimum atomic E-state index is -3.93. The number of amides is 1. The maximum Gasteiger partial charge on any atom is 0.259 e. The van der Waals surface area contributed by atoms with Gasteiger partial charge in [0.2, 0.25) is 10.0 Å². The minimum absolute atomic E-state index is 0.0771. The summed E-state index contributed by atoms with van der Waals surface area (Å²) >= 11 is 3.08. The summed E-state index contributed by atoms with van der Waals surface area (Å²) in [6.07, 6.45) is 1.95. The first-order valence-corrected chi connectivity index (χ1v) is 10.9. The second-order valence-corrected chi connectivity index (χ2v) is 8.87. The van der Waals surface area contributed by atoms with Crippen molar-refractivity contribution in [3.05, 3.63) is 42.0 Å². The lowest BCUT2D eigenvalue weighted by atomic mass is 10.2. The van der Waals surface area contributed by atoms with Crippen molar-refractivity contribution in [2.45, 2.75) is 9.24 Å². The van der Waals surface area contributed by atoms with Crippen LogP contribution in [-0.2, 0) is 10.0 Å². The number of benzene rings is 2. The summed E-state index contributed by atoms with van der Waals surface area (Å²) in [5.74, 6) is -0.250. The zero-order valence-corrected chi connectivity index (χ0v) is 16.3. The van der Waals surface area contributed by atoms with E-state index in [1.165, 1.54) is 36.6 Å². The zero-order chi connectivity index (χ0) is 18.9. The van der Waals surface area contributed by atoms with Gasteiger partial charge in [-0.25, -0.2) is 18.5 Å². The second-order valence-electron chi connectivity index (χ2n) is 5.23. The van der Waals surface area contributed by atoms with Gasteiger partial charge in [-0.15, -0.1) is 11.3 Å². The predicted octanol–water partition coefficient (Wildman–Crippen LogP) is 2.93. The maximum absolute atomic E-state index is 12.6. The number of sulfonamides is 1. The summed E-state index contributed by atoms with van der Waals surface area (Å²) in [5, 5.41) is 7.89. The molecule has 3 aromatic rings. The highest BCUT2D eigenvalue weighted by Crippen LogP contribution is 2.30. The Balaban J connectivity index is 1.94. The molecule has 0 fully saturated rings. The number of thiazole rings is 1. The average Bonchev–Trinajstić information content (AvgIpc) is 3.02. The van der Waals surface area contributed by atoms with Crippen molar-refractivity contribution in [2.75, 3.05) is 18.7 Å². The lowest BCUT2D eigenvalue weighted by molar-refractivity contribution is 0.102. The molecule has 26 heavy (non-hydrogen) atoms. The van der Waals surface area contributed by atoms with E-state index in [2.05, 4.69) is 10.3 Å². The molecule has 0 saturated heterocycles. The number of methoxy groups -OCH3 is 1. The molecule has 3 N–H and O–H groups in total. The molecule has 0 unspecified atom stereocenters. The predicted molar refractivity (Wildman–Crippen MR) is 104 cm³/mol. The van der Waals surface area contributed by atoms with Crippen LogP contribution < -0.4 is 15.2 Å². The highest BCUT2D eigenvalue weighted by molar-refractivity contribution is 8.00. The molecule has 1 amide bonds. The Kier molecular flexibility index (Phi) is 5.19. The molecule has 2 aromatic carbocycles. The Morgan fingerprint density at radius 3 is 2.69 bits per heavy atom. The summed E-state index contributed by atoms with van der Waals surface area (Å²) in [5.41, 5.74) is 1.50. The molecular weight excluding hydrogens is 394 g/mol. The Hall–Kier alpha value is -2.14. The summed E-state index contributed by atoms with van der Waals surface area (Å²) in [6, 6.07) is 9.25. The van der Waals surface area contributed by atoms with Gasteiger partial charge in [-0.1, -0.05) is 11.8 Å². The van der Waals surface area contributed by atoms with E-state index in [9.17, 15) is 13.2 Å². The zero-order valence-electron chi connectivity index (χ0n) is 13.8. The normalized spacial score (nSPS) is 11.5. The summed E-state index contributed by atoms with van der Waals surface area (Å²) < 4.78 is 30.1. The molecule has 0 aliphatic heterocycles. The number of fused-ring (bicyclic) bond motifs is 1. The van der Waals surface area contributed by atoms with Crippen molar-refractivity contribution < 1.29 is 17.9 Å². The van der Waals surface area contributed by atoms with Gasteiger partial charge in [0.05, 0.1) is 27.8 Å². The molecule has 136 valence electrons. The lowest BCUT2D eigenvalue weighted by Crippen LogP contribution is -2.16. The summed E-state index contributed by atoms with van der Waals surface area (Å²) in [7, 11) is -2.53. The van der Waals surface area contributed by atoms with Gasteiger partial charge in [0, 0.05) is 5.69 Å². The average molecular weight is 410 g/mol. The Labute approximate surface area is 158 Å². The number of rotatable bonds is 5. The van der Waals surface area contributed by atoms with Gasteiger partial charge in [0.25, 0.3) is 5.91 Å². The summed E-state index contributed by atoms with van der Waals surface area (Å²) in [6.45, 7) is 0. The number of hydrogen-bond donors (Lipinski definition) is 2. The topological polar surface area (TPSA) is 111 Å². The summed E-state index contributed by atoms with van der Waals surface area (Å²) in [4.78, 5) is 16.9. The van der Waals surface area contributed by atoms with Gasteiger partial charge in [-0.05, 0) is 42.7 Å². The molecule has 0 radical (unpaired) electrons. The first-order valence-electron chi connectivity index (χ1n) is 7.28. The van der Waals surface area contributed by atoms with Crippen LogP contribution in [-0.4, -0.2) is 32.7 Å². The Morgan fingerprint density at radius 2 is 2.04 bits per heavy atom. The van der Waals surface area contributed by atoms with Crippen molar-refractivity contribution in [1.82, 2.24) is 4.98 Å². The van der Waals surface area contributed by atoms with E-state index in [0.29, 0.717) is 5.69 Å². The minimum Gasteiger partial charge on any atom is -0.496 e. The van der Waals surface area contributed by atoms with Gasteiger partial charge in [0.1, 0.15) is 5.75 Å². The molecule has 0 saturated carbocycles. The van der Waals surface area contributed by atoms with Crippen LogP contribution in [0.4, 0.5) is 5.69 Å². The number of anilines is 1. The van der Waals surface area contributed by atoms with E-state index < -0.39 is 15.9 Å². The third kappa shape index (κ3) is 3.83. The quantitative estimate of drug-likeness (QED) is 0.627. The third-order valence-corrected chi connectivity index (χ3v) is 6.46. The monoisotopic (exact) mass is 409 g/mol. The maximum atomic E-state index is 12.6. The fourth-order valence-electron chi connectivity index (χ4n) is 2.31. The van der Waals surface area contributed by atoms with Gasteiger partial charge >= 0.3 is 0 Å². The molecule has 0 aliphatic rings. The largest absolute Gasteiger partial charge is 0.496 e. The molecule has 1 aromatic heterocycles. The van der Waals surface area contributed by atoms with Gasteiger partial charge in [0.15, 0.2) is 4.34 Å². The van der Waals surface area contributed by atoms with Gasteiger partial charge in [-0.2, -0.15) is 0 Å². The van der Waals surface area contributed by atoms with E-state index in [1.54, 1.807) is 17.8 Å². The highest BCUT2D eigenvalue weighted by Gasteiger charge is 2.18. The second kappa shape index (κ2) is 7.23.